The molecule has 2 fully saturated rings. The van der Waals surface area contributed by atoms with Gasteiger partial charge in [0, 0.05) is 98.4 Å². The lowest BCUT2D eigenvalue weighted by atomic mass is 10.0. The lowest BCUT2D eigenvalue weighted by molar-refractivity contribution is -0.144. The van der Waals surface area contributed by atoms with Crippen molar-refractivity contribution >= 4 is 23.1 Å². The predicted molar refractivity (Wildman–Crippen MR) is 282 cm³/mol. The van der Waals surface area contributed by atoms with Crippen molar-refractivity contribution in [2.75, 3.05) is 66.7 Å². The number of aliphatic hydroxyl groups excluding tert-OH is 2. The predicted octanol–water partition coefficient (Wildman–Crippen LogP) is 8.01. The first kappa shape index (κ1) is 56.7. The topological polar surface area (TPSA) is 192 Å². The van der Waals surface area contributed by atoms with Gasteiger partial charge >= 0.3 is 12.4 Å². The van der Waals surface area contributed by atoms with Crippen LogP contribution in [-0.4, -0.2) is 160 Å². The zero-order valence-corrected chi connectivity index (χ0v) is 44.5. The van der Waals surface area contributed by atoms with Gasteiger partial charge in [-0.2, -0.15) is 36.5 Å². The fourth-order valence-electron chi connectivity index (χ4n) is 10.6. The standard InChI is InChI=1S/2C28H29F3N6O3/c2*1-17-15-35(23(16-38)20-5-4-10-32-13-20)11-12-36(17)27(39)22-14-33-37-25(28(29,30)31)18(2)24(34-26(22)37)19-6-8-21(40-3)9-7-19/h2*4-10,13-14,17,23,38H,11-12,15-16H2,1-3H3/t17-,23+;17-,23-/m11/s1. The summed E-state index contributed by atoms with van der Waals surface area (Å²) in [6.07, 6.45) is -0.430. The van der Waals surface area contributed by atoms with Gasteiger partial charge in [-0.3, -0.25) is 29.4 Å². The van der Waals surface area contributed by atoms with E-state index >= 15 is 0 Å². The van der Waals surface area contributed by atoms with Gasteiger partial charge in [0.05, 0.1) is 63.3 Å². The molecule has 80 heavy (non-hydrogen) atoms. The number of aromatic nitrogens is 8. The maximum absolute atomic E-state index is 14.3. The quantitative estimate of drug-likeness (QED) is 0.112. The molecular formula is C56H58F6N12O6. The number of aliphatic hydroxyl groups is 2. The molecule has 18 nitrogen and oxygen atoms in total. The molecule has 2 aliphatic rings. The molecule has 2 aromatic carbocycles. The number of hydrogen-bond donors (Lipinski definition) is 2. The van der Waals surface area contributed by atoms with Crippen molar-refractivity contribution in [3.8, 4) is 34.0 Å². The summed E-state index contributed by atoms with van der Waals surface area (Å²) < 4.78 is 97.4. The van der Waals surface area contributed by atoms with Crippen LogP contribution in [0, 0.1) is 13.8 Å². The number of benzene rings is 2. The van der Waals surface area contributed by atoms with Crippen molar-refractivity contribution in [3.05, 3.63) is 155 Å². The molecule has 24 heteroatoms. The minimum atomic E-state index is -4.73. The van der Waals surface area contributed by atoms with Gasteiger partial charge in [0.15, 0.2) is 22.7 Å². The van der Waals surface area contributed by atoms with Crippen LogP contribution in [0.1, 0.15) is 80.3 Å². The third-order valence-electron chi connectivity index (χ3n) is 14.7. The Hall–Kier alpha value is -8.06. The van der Waals surface area contributed by atoms with E-state index in [0.29, 0.717) is 70.9 Å². The number of nitrogens with zero attached hydrogens (tertiary/aromatic N) is 12. The third kappa shape index (κ3) is 11.2. The Morgan fingerprint density at radius 1 is 0.588 bits per heavy atom. The smallest absolute Gasteiger partial charge is 0.433 e. The minimum absolute atomic E-state index is 0.00784. The number of amides is 2. The number of hydrogen-bond acceptors (Lipinski definition) is 14. The third-order valence-corrected chi connectivity index (χ3v) is 14.7. The first-order chi connectivity index (χ1) is 38.3. The maximum Gasteiger partial charge on any atom is 0.433 e. The second-order valence-corrected chi connectivity index (χ2v) is 19.6. The van der Waals surface area contributed by atoms with Gasteiger partial charge in [-0.1, -0.05) is 12.1 Å². The summed E-state index contributed by atoms with van der Waals surface area (Å²) in [7, 11) is 3.00. The molecule has 420 valence electrons. The van der Waals surface area contributed by atoms with Crippen molar-refractivity contribution in [2.45, 2.75) is 64.2 Å². The van der Waals surface area contributed by atoms with Crippen LogP contribution in [0.5, 0.6) is 11.5 Å². The van der Waals surface area contributed by atoms with Crippen molar-refractivity contribution in [3.63, 3.8) is 0 Å². The Morgan fingerprint density at radius 3 is 1.26 bits per heavy atom. The molecule has 2 amide bonds. The van der Waals surface area contributed by atoms with Gasteiger partial charge < -0.3 is 29.5 Å². The first-order valence-corrected chi connectivity index (χ1v) is 25.6. The molecule has 0 unspecified atom stereocenters. The number of carbonyl (C=O) groups excluding carboxylic acids is 2. The van der Waals surface area contributed by atoms with Crippen LogP contribution in [0.4, 0.5) is 26.3 Å². The monoisotopic (exact) mass is 1110 g/mol. The van der Waals surface area contributed by atoms with Crippen LogP contribution in [0.25, 0.3) is 33.8 Å². The SMILES string of the molecule is COc1ccc(-c2nc3c(C(=O)N4CCN([C@@H](CO)c5cccnc5)C[C@H]4C)cnn3c(C(F)(F)F)c2C)cc1.COc1ccc(-c2nc3c(C(=O)N4CCN([C@H](CO)c5cccnc5)C[C@H]4C)cnn3c(C(F)(F)F)c2C)cc1. The molecule has 0 saturated carbocycles. The maximum atomic E-state index is 14.3. The first-order valence-electron chi connectivity index (χ1n) is 25.6. The van der Waals surface area contributed by atoms with E-state index in [2.05, 4.69) is 39.9 Å². The molecule has 2 aliphatic heterocycles. The van der Waals surface area contributed by atoms with Crippen molar-refractivity contribution in [1.29, 1.82) is 0 Å². The van der Waals surface area contributed by atoms with Gasteiger partial charge in [-0.25, -0.2) is 19.0 Å². The summed E-state index contributed by atoms with van der Waals surface area (Å²) in [5.41, 5.74) is 0.363. The molecule has 0 bridgehead atoms. The van der Waals surface area contributed by atoms with Gasteiger partial charge in [0.25, 0.3) is 11.8 Å². The number of pyridine rings is 2. The van der Waals surface area contributed by atoms with Crippen molar-refractivity contribution in [2.24, 2.45) is 0 Å². The Balaban J connectivity index is 0.000000194. The van der Waals surface area contributed by atoms with Gasteiger partial charge in [0.2, 0.25) is 0 Å². The number of ether oxygens (including phenoxy) is 2. The average Bonchev–Trinajstić information content (AvgIpc) is 4.14. The molecule has 0 aliphatic carbocycles. The normalized spacial score (nSPS) is 17.3. The number of alkyl halides is 6. The zero-order valence-electron chi connectivity index (χ0n) is 44.5. The van der Waals surface area contributed by atoms with Crippen LogP contribution in [0.2, 0.25) is 0 Å². The van der Waals surface area contributed by atoms with Crippen LogP contribution < -0.4 is 9.47 Å². The van der Waals surface area contributed by atoms with Crippen molar-refractivity contribution < 1.29 is 55.6 Å². The highest BCUT2D eigenvalue weighted by atomic mass is 19.4. The fourth-order valence-corrected chi connectivity index (χ4v) is 10.6. The van der Waals surface area contributed by atoms with Gasteiger partial charge in [0.1, 0.15) is 22.6 Å². The van der Waals surface area contributed by atoms with E-state index in [-0.39, 0.29) is 82.3 Å². The van der Waals surface area contributed by atoms with E-state index < -0.39 is 35.6 Å². The second-order valence-electron chi connectivity index (χ2n) is 19.6. The highest BCUT2D eigenvalue weighted by molar-refractivity contribution is 6.01. The van der Waals surface area contributed by atoms with Gasteiger partial charge in [-0.05, 0) is 99.5 Å². The summed E-state index contributed by atoms with van der Waals surface area (Å²) in [5, 5.41) is 28.0. The van der Waals surface area contributed by atoms with E-state index in [1.54, 1.807) is 95.3 Å². The highest BCUT2D eigenvalue weighted by Crippen LogP contribution is 2.39. The van der Waals surface area contributed by atoms with E-state index in [1.807, 2.05) is 26.0 Å². The number of fused-ring (bicyclic) bond motifs is 2. The number of methoxy groups -OCH3 is 2. The molecule has 2 saturated heterocycles. The summed E-state index contributed by atoms with van der Waals surface area (Å²) in [4.78, 5) is 52.2. The summed E-state index contributed by atoms with van der Waals surface area (Å²) >= 11 is 0. The number of halogens is 6. The Morgan fingerprint density at radius 2 is 0.963 bits per heavy atom. The molecule has 8 heterocycles. The Bertz CT molecular complexity index is 3250. The number of carbonyl (C=O) groups is 2. The summed E-state index contributed by atoms with van der Waals surface area (Å²) in [6, 6.07) is 19.3. The number of piperazine rings is 2. The lowest BCUT2D eigenvalue weighted by Gasteiger charge is -2.42. The van der Waals surface area contributed by atoms with Crippen molar-refractivity contribution in [1.82, 2.24) is 58.8 Å². The number of rotatable bonds is 12. The van der Waals surface area contributed by atoms with Gasteiger partial charge in [-0.15, -0.1) is 0 Å². The zero-order chi connectivity index (χ0) is 57.2. The largest absolute Gasteiger partial charge is 0.497 e. The molecule has 0 radical (unpaired) electrons. The highest BCUT2D eigenvalue weighted by Gasteiger charge is 2.42. The minimum Gasteiger partial charge on any atom is -0.497 e. The van der Waals surface area contributed by atoms with Crippen LogP contribution >= 0.6 is 0 Å². The average molecular weight is 1110 g/mol. The molecule has 10 rings (SSSR count). The molecule has 2 N–H and O–H groups in total. The summed E-state index contributed by atoms with van der Waals surface area (Å²) in [6.45, 7) is 8.69. The molecule has 8 aromatic rings. The van der Waals surface area contributed by atoms with Crippen LogP contribution in [-0.2, 0) is 12.4 Å². The summed E-state index contributed by atoms with van der Waals surface area (Å²) in [5.74, 6) is 0.209. The van der Waals surface area contributed by atoms with E-state index in [4.69, 9.17) is 9.47 Å². The van der Waals surface area contributed by atoms with E-state index in [1.165, 1.54) is 28.1 Å². The Labute approximate surface area is 455 Å². The fraction of sp³-hybridized carbons (Fsp3) is 0.357. The molecule has 4 atom stereocenters. The lowest BCUT2D eigenvalue weighted by Crippen LogP contribution is -2.55. The van der Waals surface area contributed by atoms with E-state index in [9.17, 15) is 46.1 Å². The molecular weight excluding hydrogens is 1050 g/mol. The van der Waals surface area contributed by atoms with Crippen LogP contribution in [0.15, 0.2) is 110 Å². The molecule has 0 spiro atoms. The van der Waals surface area contributed by atoms with Crippen LogP contribution in [0.3, 0.4) is 0 Å². The Kier molecular flexibility index (Phi) is 16.5. The second kappa shape index (κ2) is 23.3. The van der Waals surface area contributed by atoms with E-state index in [0.717, 1.165) is 23.5 Å². The molecule has 6 aromatic heterocycles.